The van der Waals surface area contributed by atoms with Crippen molar-refractivity contribution in [3.63, 3.8) is 0 Å². The summed E-state index contributed by atoms with van der Waals surface area (Å²) in [5.41, 5.74) is 3.70. The van der Waals surface area contributed by atoms with Gasteiger partial charge >= 0.3 is 0 Å². The first-order chi connectivity index (χ1) is 13.2. The molecule has 1 heterocycles. The Kier molecular flexibility index (Phi) is 9.73. The molecule has 0 fully saturated rings. The number of ether oxygens (including phenoxy) is 3. The maximum atomic E-state index is 5.86. The first kappa shape index (κ1) is 21.3. The lowest BCUT2D eigenvalue weighted by molar-refractivity contribution is 0.145. The van der Waals surface area contributed by atoms with Gasteiger partial charge in [0.25, 0.3) is 0 Å². The molecule has 0 atom stereocenters. The second-order valence-corrected chi connectivity index (χ2v) is 6.51. The van der Waals surface area contributed by atoms with Crippen molar-refractivity contribution in [1.29, 1.82) is 0 Å². The maximum Gasteiger partial charge on any atom is 0.191 e. The summed E-state index contributed by atoms with van der Waals surface area (Å²) in [7, 11) is 1.68. The van der Waals surface area contributed by atoms with Crippen LogP contribution in [-0.2, 0) is 16.0 Å². The lowest BCUT2D eigenvalue weighted by Crippen LogP contribution is -2.38. The molecule has 6 heteroatoms. The zero-order valence-corrected chi connectivity index (χ0v) is 16.8. The van der Waals surface area contributed by atoms with Gasteiger partial charge in [-0.2, -0.15) is 0 Å². The van der Waals surface area contributed by atoms with Crippen molar-refractivity contribution in [2.24, 2.45) is 4.99 Å². The summed E-state index contributed by atoms with van der Waals surface area (Å²) in [5, 5.41) is 6.73. The average molecular weight is 376 g/mol. The van der Waals surface area contributed by atoms with Crippen molar-refractivity contribution in [3.05, 3.63) is 41.0 Å². The van der Waals surface area contributed by atoms with Gasteiger partial charge in [0.2, 0.25) is 0 Å². The summed E-state index contributed by atoms with van der Waals surface area (Å²) in [6.45, 7) is 9.07. The van der Waals surface area contributed by atoms with Crippen molar-refractivity contribution >= 4 is 5.96 Å². The van der Waals surface area contributed by atoms with Crippen LogP contribution in [0.3, 0.4) is 0 Å². The molecule has 0 aromatic heterocycles. The van der Waals surface area contributed by atoms with E-state index in [1.54, 1.807) is 7.11 Å². The standard InChI is InChI=1S/C21H33N3O3/c1-4-22-21(23-10-7-18-8-11-26-12-9-18)24-16-19-6-5-17(2)15-20(19)27-14-13-25-3/h5-6,8,15H,4,7,9-14,16H2,1-3H3,(H2,22,23,24). The van der Waals surface area contributed by atoms with Crippen LogP contribution in [0, 0.1) is 6.92 Å². The van der Waals surface area contributed by atoms with E-state index in [9.17, 15) is 0 Å². The predicted molar refractivity (Wildman–Crippen MR) is 110 cm³/mol. The summed E-state index contributed by atoms with van der Waals surface area (Å²) in [4.78, 5) is 4.72. The van der Waals surface area contributed by atoms with E-state index in [0.717, 1.165) is 56.4 Å². The van der Waals surface area contributed by atoms with Crippen molar-refractivity contribution in [2.45, 2.75) is 33.2 Å². The Labute approximate surface area is 163 Å². The number of aliphatic imine (C=N–C) groups is 1. The molecular weight excluding hydrogens is 342 g/mol. The number of methoxy groups -OCH3 is 1. The first-order valence-corrected chi connectivity index (χ1v) is 9.72. The molecule has 2 N–H and O–H groups in total. The zero-order valence-electron chi connectivity index (χ0n) is 16.8. The number of rotatable bonds is 10. The van der Waals surface area contributed by atoms with E-state index in [-0.39, 0.29) is 0 Å². The molecule has 150 valence electrons. The zero-order chi connectivity index (χ0) is 19.3. The van der Waals surface area contributed by atoms with Crippen LogP contribution in [0.25, 0.3) is 0 Å². The number of hydrogen-bond acceptors (Lipinski definition) is 4. The van der Waals surface area contributed by atoms with Crippen LogP contribution < -0.4 is 15.4 Å². The smallest absolute Gasteiger partial charge is 0.191 e. The lowest BCUT2D eigenvalue weighted by atomic mass is 10.1. The molecule has 2 rings (SSSR count). The van der Waals surface area contributed by atoms with E-state index in [2.05, 4.69) is 48.8 Å². The fourth-order valence-electron chi connectivity index (χ4n) is 2.80. The Morgan fingerprint density at radius 3 is 2.89 bits per heavy atom. The van der Waals surface area contributed by atoms with Gasteiger partial charge in [0.15, 0.2) is 5.96 Å². The van der Waals surface area contributed by atoms with Gasteiger partial charge in [0.05, 0.1) is 26.4 Å². The highest BCUT2D eigenvalue weighted by Crippen LogP contribution is 2.21. The Balaban J connectivity index is 1.93. The van der Waals surface area contributed by atoms with Crippen LogP contribution in [0.2, 0.25) is 0 Å². The van der Waals surface area contributed by atoms with E-state index in [0.29, 0.717) is 19.8 Å². The number of nitrogens with one attached hydrogen (secondary N) is 2. The Hall–Kier alpha value is -2.05. The molecule has 0 radical (unpaired) electrons. The molecule has 6 nitrogen and oxygen atoms in total. The van der Waals surface area contributed by atoms with E-state index < -0.39 is 0 Å². The Morgan fingerprint density at radius 1 is 1.26 bits per heavy atom. The quantitative estimate of drug-likeness (QED) is 0.285. The molecule has 1 aromatic carbocycles. The topological polar surface area (TPSA) is 64.1 Å². The molecule has 0 saturated carbocycles. The third-order valence-electron chi connectivity index (χ3n) is 4.32. The average Bonchev–Trinajstić information content (AvgIpc) is 2.68. The highest BCUT2D eigenvalue weighted by molar-refractivity contribution is 5.79. The largest absolute Gasteiger partial charge is 0.491 e. The van der Waals surface area contributed by atoms with Gasteiger partial charge in [-0.05, 0) is 38.3 Å². The van der Waals surface area contributed by atoms with Crippen LogP contribution in [0.5, 0.6) is 5.75 Å². The summed E-state index contributed by atoms with van der Waals surface area (Å²) in [6, 6.07) is 6.22. The molecule has 1 aromatic rings. The van der Waals surface area contributed by atoms with Gasteiger partial charge in [-0.1, -0.05) is 23.8 Å². The third kappa shape index (κ3) is 8.01. The van der Waals surface area contributed by atoms with Gasteiger partial charge in [-0.25, -0.2) is 4.99 Å². The monoisotopic (exact) mass is 375 g/mol. The fraction of sp³-hybridized carbons (Fsp3) is 0.571. The molecule has 0 bridgehead atoms. The SMILES string of the molecule is CCNC(=NCc1ccc(C)cc1OCCOC)NCCC1=CCOCC1. The molecule has 27 heavy (non-hydrogen) atoms. The molecule has 0 unspecified atom stereocenters. The molecule has 0 aliphatic carbocycles. The van der Waals surface area contributed by atoms with Gasteiger partial charge in [-0.15, -0.1) is 0 Å². The van der Waals surface area contributed by atoms with Gasteiger partial charge in [0.1, 0.15) is 12.4 Å². The number of nitrogens with zero attached hydrogens (tertiary/aromatic N) is 1. The lowest BCUT2D eigenvalue weighted by Gasteiger charge is -2.16. The van der Waals surface area contributed by atoms with Crippen molar-refractivity contribution in [1.82, 2.24) is 10.6 Å². The Bertz CT molecular complexity index is 629. The molecule has 0 spiro atoms. The summed E-state index contributed by atoms with van der Waals surface area (Å²) < 4.78 is 16.3. The highest BCUT2D eigenvalue weighted by atomic mass is 16.5. The third-order valence-corrected chi connectivity index (χ3v) is 4.32. The fourth-order valence-corrected chi connectivity index (χ4v) is 2.80. The molecule has 0 saturated heterocycles. The van der Waals surface area contributed by atoms with Crippen LogP contribution >= 0.6 is 0 Å². The normalized spacial score (nSPS) is 14.6. The number of hydrogen-bond donors (Lipinski definition) is 2. The van der Waals surface area contributed by atoms with Crippen LogP contribution in [-0.4, -0.2) is 52.6 Å². The second kappa shape index (κ2) is 12.4. The summed E-state index contributed by atoms with van der Waals surface area (Å²) in [5.74, 6) is 1.70. The van der Waals surface area contributed by atoms with Gasteiger partial charge in [0, 0.05) is 25.8 Å². The number of guanidine groups is 1. The molecule has 1 aliphatic rings. The number of aryl methyl sites for hydroxylation is 1. The minimum absolute atomic E-state index is 0.536. The number of benzene rings is 1. The predicted octanol–water partition coefficient (Wildman–Crippen LogP) is 2.81. The molecular formula is C21H33N3O3. The highest BCUT2D eigenvalue weighted by Gasteiger charge is 2.06. The van der Waals surface area contributed by atoms with Crippen LogP contribution in [0.1, 0.15) is 30.9 Å². The van der Waals surface area contributed by atoms with E-state index >= 15 is 0 Å². The van der Waals surface area contributed by atoms with E-state index in [4.69, 9.17) is 19.2 Å². The first-order valence-electron chi connectivity index (χ1n) is 9.72. The van der Waals surface area contributed by atoms with Crippen molar-refractivity contribution in [3.8, 4) is 5.75 Å². The minimum Gasteiger partial charge on any atom is -0.491 e. The maximum absolute atomic E-state index is 5.86. The van der Waals surface area contributed by atoms with Crippen LogP contribution in [0.4, 0.5) is 0 Å². The molecule has 0 amide bonds. The Morgan fingerprint density at radius 2 is 2.15 bits per heavy atom. The van der Waals surface area contributed by atoms with E-state index in [1.165, 1.54) is 11.1 Å². The summed E-state index contributed by atoms with van der Waals surface area (Å²) in [6.07, 6.45) is 4.23. The second-order valence-electron chi connectivity index (χ2n) is 6.51. The summed E-state index contributed by atoms with van der Waals surface area (Å²) >= 11 is 0. The van der Waals surface area contributed by atoms with Crippen LogP contribution in [0.15, 0.2) is 34.8 Å². The van der Waals surface area contributed by atoms with Gasteiger partial charge in [-0.3, -0.25) is 0 Å². The van der Waals surface area contributed by atoms with Crippen molar-refractivity contribution < 1.29 is 14.2 Å². The van der Waals surface area contributed by atoms with E-state index in [1.807, 2.05) is 0 Å². The van der Waals surface area contributed by atoms with Gasteiger partial charge < -0.3 is 24.8 Å². The molecule has 1 aliphatic heterocycles. The van der Waals surface area contributed by atoms with Crippen molar-refractivity contribution in [2.75, 3.05) is 46.6 Å². The minimum atomic E-state index is 0.536.